The smallest absolute Gasteiger partial charge is 0.252 e. The Morgan fingerprint density at radius 3 is 2.46 bits per heavy atom. The lowest BCUT2D eigenvalue weighted by Crippen LogP contribution is -2.29. The van der Waals surface area contributed by atoms with E-state index in [4.69, 9.17) is 9.47 Å². The fourth-order valence-electron chi connectivity index (χ4n) is 3.13. The van der Waals surface area contributed by atoms with Crippen LogP contribution < -0.4 is 14.8 Å². The standard InChI is InChI=1S/C23H24N2O3/c1-27-21-11-10-18(14-22(21)28-2)20(13-17-7-4-3-5-8-17)16-25-23(26)19-9-6-12-24-15-19/h3-12,14-15,20H,13,16H2,1-2H3,(H,25,26). The molecule has 1 aromatic heterocycles. The molecule has 0 aliphatic carbocycles. The second kappa shape index (κ2) is 9.55. The van der Waals surface area contributed by atoms with Crippen LogP contribution in [0.4, 0.5) is 0 Å². The van der Waals surface area contributed by atoms with Crippen LogP contribution in [0.5, 0.6) is 11.5 Å². The Bertz CT molecular complexity index is 898. The molecule has 0 fully saturated rings. The number of carbonyl (C=O) groups excluding carboxylic acids is 1. The highest BCUT2D eigenvalue weighted by atomic mass is 16.5. The zero-order valence-electron chi connectivity index (χ0n) is 16.1. The highest BCUT2D eigenvalue weighted by molar-refractivity contribution is 5.93. The number of ether oxygens (including phenoxy) is 2. The van der Waals surface area contributed by atoms with Gasteiger partial charge in [0.05, 0.1) is 19.8 Å². The summed E-state index contributed by atoms with van der Waals surface area (Å²) in [4.78, 5) is 16.5. The van der Waals surface area contributed by atoms with E-state index in [1.807, 2.05) is 36.4 Å². The molecule has 1 heterocycles. The van der Waals surface area contributed by atoms with Gasteiger partial charge in [0, 0.05) is 24.9 Å². The zero-order chi connectivity index (χ0) is 19.8. The number of rotatable bonds is 8. The van der Waals surface area contributed by atoms with E-state index in [2.05, 4.69) is 22.4 Å². The second-order valence-corrected chi connectivity index (χ2v) is 6.45. The minimum atomic E-state index is -0.133. The van der Waals surface area contributed by atoms with Gasteiger partial charge in [-0.1, -0.05) is 36.4 Å². The highest BCUT2D eigenvalue weighted by Gasteiger charge is 2.17. The molecule has 1 atom stereocenters. The van der Waals surface area contributed by atoms with Gasteiger partial charge in [-0.3, -0.25) is 9.78 Å². The Kier molecular flexibility index (Phi) is 6.63. The second-order valence-electron chi connectivity index (χ2n) is 6.45. The van der Waals surface area contributed by atoms with Crippen molar-refractivity contribution in [2.45, 2.75) is 12.3 Å². The lowest BCUT2D eigenvalue weighted by atomic mass is 9.91. The van der Waals surface area contributed by atoms with E-state index < -0.39 is 0 Å². The molecule has 0 saturated heterocycles. The predicted molar refractivity (Wildman–Crippen MR) is 109 cm³/mol. The molecule has 28 heavy (non-hydrogen) atoms. The van der Waals surface area contributed by atoms with Crippen molar-refractivity contribution in [2.24, 2.45) is 0 Å². The first-order valence-electron chi connectivity index (χ1n) is 9.15. The Morgan fingerprint density at radius 2 is 1.79 bits per heavy atom. The molecule has 1 N–H and O–H groups in total. The molecule has 3 rings (SSSR count). The number of nitrogens with zero attached hydrogens (tertiary/aromatic N) is 1. The number of carbonyl (C=O) groups is 1. The normalized spacial score (nSPS) is 11.5. The maximum atomic E-state index is 12.5. The molecule has 0 aliphatic heterocycles. The summed E-state index contributed by atoms with van der Waals surface area (Å²) >= 11 is 0. The van der Waals surface area contributed by atoms with Crippen molar-refractivity contribution < 1.29 is 14.3 Å². The van der Waals surface area contributed by atoms with Crippen molar-refractivity contribution in [3.63, 3.8) is 0 Å². The van der Waals surface area contributed by atoms with Gasteiger partial charge in [0.25, 0.3) is 5.91 Å². The largest absolute Gasteiger partial charge is 0.493 e. The first kappa shape index (κ1) is 19.4. The molecular weight excluding hydrogens is 352 g/mol. The molecule has 1 amide bonds. The molecule has 0 aliphatic rings. The SMILES string of the molecule is COc1ccc(C(CNC(=O)c2cccnc2)Cc2ccccc2)cc1OC. The molecule has 0 saturated carbocycles. The average Bonchev–Trinajstić information content (AvgIpc) is 2.77. The van der Waals surface area contributed by atoms with Crippen LogP contribution in [0.25, 0.3) is 0 Å². The molecule has 2 aromatic carbocycles. The number of methoxy groups -OCH3 is 2. The molecule has 0 spiro atoms. The van der Waals surface area contributed by atoms with Crippen LogP contribution in [-0.2, 0) is 6.42 Å². The lowest BCUT2D eigenvalue weighted by Gasteiger charge is -2.20. The van der Waals surface area contributed by atoms with Gasteiger partial charge in [0.2, 0.25) is 0 Å². The molecule has 5 heteroatoms. The molecule has 0 bridgehead atoms. The fraction of sp³-hybridized carbons (Fsp3) is 0.217. The van der Waals surface area contributed by atoms with Gasteiger partial charge in [0.15, 0.2) is 11.5 Å². The third-order valence-electron chi connectivity index (χ3n) is 4.64. The van der Waals surface area contributed by atoms with Crippen molar-refractivity contribution in [1.82, 2.24) is 10.3 Å². The molecule has 144 valence electrons. The van der Waals surface area contributed by atoms with E-state index in [1.54, 1.807) is 38.7 Å². The van der Waals surface area contributed by atoms with Gasteiger partial charge in [-0.25, -0.2) is 0 Å². The fourth-order valence-corrected chi connectivity index (χ4v) is 3.13. The van der Waals surface area contributed by atoms with Crippen LogP contribution in [0, 0.1) is 0 Å². The van der Waals surface area contributed by atoms with E-state index in [-0.39, 0.29) is 11.8 Å². The summed E-state index contributed by atoms with van der Waals surface area (Å²) in [5.74, 6) is 1.32. The monoisotopic (exact) mass is 376 g/mol. The Balaban J connectivity index is 1.82. The van der Waals surface area contributed by atoms with Crippen molar-refractivity contribution in [2.75, 3.05) is 20.8 Å². The summed E-state index contributed by atoms with van der Waals surface area (Å²) < 4.78 is 10.8. The van der Waals surface area contributed by atoms with E-state index in [9.17, 15) is 4.79 Å². The average molecular weight is 376 g/mol. The van der Waals surface area contributed by atoms with Gasteiger partial charge >= 0.3 is 0 Å². The predicted octanol–water partition coefficient (Wildman–Crippen LogP) is 3.86. The number of pyridine rings is 1. The lowest BCUT2D eigenvalue weighted by molar-refractivity contribution is 0.0950. The van der Waals surface area contributed by atoms with Crippen LogP contribution in [-0.4, -0.2) is 31.7 Å². The number of nitrogens with one attached hydrogen (secondary N) is 1. The summed E-state index contributed by atoms with van der Waals surface area (Å²) in [6.07, 6.45) is 4.01. The number of benzene rings is 2. The summed E-state index contributed by atoms with van der Waals surface area (Å²) in [6.45, 7) is 0.498. The van der Waals surface area contributed by atoms with E-state index >= 15 is 0 Å². The highest BCUT2D eigenvalue weighted by Crippen LogP contribution is 2.31. The molecule has 3 aromatic rings. The van der Waals surface area contributed by atoms with Crippen molar-refractivity contribution in [3.8, 4) is 11.5 Å². The summed E-state index contributed by atoms with van der Waals surface area (Å²) in [6, 6.07) is 19.6. The Morgan fingerprint density at radius 1 is 1.00 bits per heavy atom. The molecular formula is C23H24N2O3. The third-order valence-corrected chi connectivity index (χ3v) is 4.64. The van der Waals surface area contributed by atoms with Gasteiger partial charge in [-0.15, -0.1) is 0 Å². The van der Waals surface area contributed by atoms with Crippen LogP contribution >= 0.6 is 0 Å². The first-order valence-corrected chi connectivity index (χ1v) is 9.15. The summed E-state index contributed by atoms with van der Waals surface area (Å²) in [5.41, 5.74) is 2.83. The van der Waals surface area contributed by atoms with E-state index in [1.165, 1.54) is 5.56 Å². The minimum Gasteiger partial charge on any atom is -0.493 e. The zero-order valence-corrected chi connectivity index (χ0v) is 16.1. The van der Waals surface area contributed by atoms with Crippen molar-refractivity contribution >= 4 is 5.91 Å². The molecule has 0 radical (unpaired) electrons. The quantitative estimate of drug-likeness (QED) is 0.649. The van der Waals surface area contributed by atoms with Crippen LogP contribution in [0.3, 0.4) is 0 Å². The van der Waals surface area contributed by atoms with E-state index in [0.29, 0.717) is 23.6 Å². The van der Waals surface area contributed by atoms with Crippen molar-refractivity contribution in [3.05, 3.63) is 89.7 Å². The number of hydrogen-bond donors (Lipinski definition) is 1. The van der Waals surface area contributed by atoms with Crippen LogP contribution in [0.2, 0.25) is 0 Å². The summed E-state index contributed by atoms with van der Waals surface area (Å²) in [5, 5.41) is 3.03. The molecule has 1 unspecified atom stereocenters. The number of hydrogen-bond acceptors (Lipinski definition) is 4. The van der Waals surface area contributed by atoms with Crippen molar-refractivity contribution in [1.29, 1.82) is 0 Å². The van der Waals surface area contributed by atoms with E-state index in [0.717, 1.165) is 12.0 Å². The number of aromatic nitrogens is 1. The third kappa shape index (κ3) is 4.88. The maximum Gasteiger partial charge on any atom is 0.252 e. The van der Waals surface area contributed by atoms with Gasteiger partial charge in [-0.05, 0) is 41.8 Å². The topological polar surface area (TPSA) is 60.5 Å². The maximum absolute atomic E-state index is 12.5. The van der Waals surface area contributed by atoms with Crippen LogP contribution in [0.1, 0.15) is 27.4 Å². The Hall–Kier alpha value is -3.34. The van der Waals surface area contributed by atoms with Gasteiger partial charge in [-0.2, -0.15) is 0 Å². The molecule has 5 nitrogen and oxygen atoms in total. The Labute approximate surface area is 165 Å². The minimum absolute atomic E-state index is 0.0860. The summed E-state index contributed by atoms with van der Waals surface area (Å²) in [7, 11) is 3.24. The first-order chi connectivity index (χ1) is 13.7. The van der Waals surface area contributed by atoms with Crippen LogP contribution in [0.15, 0.2) is 73.1 Å². The van der Waals surface area contributed by atoms with Gasteiger partial charge in [0.1, 0.15) is 0 Å². The number of amides is 1. The van der Waals surface area contributed by atoms with Gasteiger partial charge < -0.3 is 14.8 Å².